The van der Waals surface area contributed by atoms with Crippen molar-refractivity contribution in [1.82, 2.24) is 4.98 Å². The molecule has 1 aromatic heterocycles. The van der Waals surface area contributed by atoms with Gasteiger partial charge in [-0.1, -0.05) is 24.3 Å². The molecule has 0 radical (unpaired) electrons. The average molecular weight is 254 g/mol. The zero-order valence-corrected chi connectivity index (χ0v) is 11.8. The third kappa shape index (κ3) is 4.18. The highest BCUT2D eigenvalue weighted by Gasteiger charge is 2.05. The first-order valence-corrected chi connectivity index (χ1v) is 6.86. The number of nitrogens with two attached hydrogens (primary N) is 1. The minimum absolute atomic E-state index is 0.210. The van der Waals surface area contributed by atoms with Gasteiger partial charge >= 0.3 is 0 Å². The van der Waals surface area contributed by atoms with E-state index in [9.17, 15) is 0 Å². The number of pyridine rings is 1. The van der Waals surface area contributed by atoms with E-state index in [0.717, 1.165) is 19.3 Å². The highest BCUT2D eigenvalue weighted by molar-refractivity contribution is 5.30. The molecule has 1 aromatic carbocycles. The molecule has 0 aliphatic heterocycles. The van der Waals surface area contributed by atoms with E-state index in [1.807, 2.05) is 12.3 Å². The second kappa shape index (κ2) is 6.48. The first-order valence-electron chi connectivity index (χ1n) is 6.86. The second-order valence-electron chi connectivity index (χ2n) is 5.28. The second-order valence-corrected chi connectivity index (χ2v) is 5.28. The molecule has 0 bridgehead atoms. The van der Waals surface area contributed by atoms with Crippen molar-refractivity contribution < 1.29 is 0 Å². The normalized spacial score (nSPS) is 12.4. The Balaban J connectivity index is 1.87. The maximum atomic E-state index is 6.22. The van der Waals surface area contributed by atoms with Crippen LogP contribution < -0.4 is 5.73 Å². The Labute approximate surface area is 115 Å². The van der Waals surface area contributed by atoms with Gasteiger partial charge in [0.25, 0.3) is 0 Å². The third-order valence-corrected chi connectivity index (χ3v) is 3.60. The Kier molecular flexibility index (Phi) is 4.69. The lowest BCUT2D eigenvalue weighted by Gasteiger charge is -2.12. The van der Waals surface area contributed by atoms with E-state index in [0.29, 0.717) is 0 Å². The number of nitrogens with zero attached hydrogens (tertiary/aromatic N) is 1. The molecule has 0 amide bonds. The monoisotopic (exact) mass is 254 g/mol. The summed E-state index contributed by atoms with van der Waals surface area (Å²) in [5, 5.41) is 0. The maximum Gasteiger partial charge on any atom is 0.0299 e. The Morgan fingerprint density at radius 2 is 1.95 bits per heavy atom. The molecule has 1 atom stereocenters. The summed E-state index contributed by atoms with van der Waals surface area (Å²) in [5.41, 5.74) is 11.5. The molecule has 100 valence electrons. The van der Waals surface area contributed by atoms with Crippen molar-refractivity contribution in [3.8, 4) is 0 Å². The van der Waals surface area contributed by atoms with Crippen molar-refractivity contribution in [3.63, 3.8) is 0 Å². The molecule has 19 heavy (non-hydrogen) atoms. The summed E-state index contributed by atoms with van der Waals surface area (Å²) in [6, 6.07) is 10.9. The number of rotatable bonds is 5. The molecule has 2 aromatic rings. The van der Waals surface area contributed by atoms with Crippen molar-refractivity contribution in [2.75, 3.05) is 0 Å². The number of benzene rings is 1. The van der Waals surface area contributed by atoms with Crippen LogP contribution in [0.15, 0.2) is 42.7 Å². The van der Waals surface area contributed by atoms with Crippen LogP contribution in [-0.4, -0.2) is 11.0 Å². The van der Waals surface area contributed by atoms with Gasteiger partial charge in [0.05, 0.1) is 0 Å². The molecule has 0 saturated carbocycles. The molecule has 2 heteroatoms. The molecule has 0 aliphatic rings. The van der Waals surface area contributed by atoms with Crippen LogP contribution in [-0.2, 0) is 12.8 Å². The number of aryl methyl sites for hydroxylation is 3. The molecule has 2 N–H and O–H groups in total. The lowest BCUT2D eigenvalue weighted by molar-refractivity contribution is 0.609. The van der Waals surface area contributed by atoms with Gasteiger partial charge in [-0.25, -0.2) is 0 Å². The number of hydrogen-bond acceptors (Lipinski definition) is 2. The summed E-state index contributed by atoms with van der Waals surface area (Å²) < 4.78 is 0. The van der Waals surface area contributed by atoms with Gasteiger partial charge < -0.3 is 5.73 Å². The molecule has 1 unspecified atom stereocenters. The van der Waals surface area contributed by atoms with E-state index < -0.39 is 0 Å². The Hall–Kier alpha value is -1.67. The first-order chi connectivity index (χ1) is 9.15. The lowest BCUT2D eigenvalue weighted by atomic mass is 9.98. The minimum Gasteiger partial charge on any atom is -0.327 e. The highest BCUT2D eigenvalue weighted by atomic mass is 14.6. The topological polar surface area (TPSA) is 38.9 Å². The van der Waals surface area contributed by atoms with Crippen LogP contribution in [0.4, 0.5) is 0 Å². The van der Waals surface area contributed by atoms with E-state index >= 15 is 0 Å². The predicted octanol–water partition coefficient (Wildman–Crippen LogP) is 3.20. The molecule has 2 nitrogen and oxygen atoms in total. The largest absolute Gasteiger partial charge is 0.327 e. The average Bonchev–Trinajstić information content (AvgIpc) is 2.42. The molecule has 2 rings (SSSR count). The Morgan fingerprint density at radius 3 is 2.63 bits per heavy atom. The third-order valence-electron chi connectivity index (χ3n) is 3.60. The van der Waals surface area contributed by atoms with Crippen LogP contribution in [0.25, 0.3) is 0 Å². The molecule has 0 fully saturated rings. The van der Waals surface area contributed by atoms with Gasteiger partial charge in [-0.05, 0) is 61.4 Å². The van der Waals surface area contributed by atoms with Crippen molar-refractivity contribution in [1.29, 1.82) is 0 Å². The van der Waals surface area contributed by atoms with Crippen molar-refractivity contribution in [2.45, 2.75) is 39.2 Å². The van der Waals surface area contributed by atoms with Gasteiger partial charge in [-0.3, -0.25) is 4.98 Å². The van der Waals surface area contributed by atoms with Crippen molar-refractivity contribution >= 4 is 0 Å². The fourth-order valence-corrected chi connectivity index (χ4v) is 2.23. The summed E-state index contributed by atoms with van der Waals surface area (Å²) >= 11 is 0. The fraction of sp³-hybridized carbons (Fsp3) is 0.353. The maximum absolute atomic E-state index is 6.22. The van der Waals surface area contributed by atoms with Gasteiger partial charge in [-0.15, -0.1) is 0 Å². The zero-order chi connectivity index (χ0) is 13.7. The molecule has 0 aliphatic carbocycles. The Bertz CT molecular complexity index is 520. The molecular weight excluding hydrogens is 232 g/mol. The molecule has 1 heterocycles. The summed E-state index contributed by atoms with van der Waals surface area (Å²) in [6.07, 6.45) is 6.67. The zero-order valence-electron chi connectivity index (χ0n) is 11.8. The van der Waals surface area contributed by atoms with E-state index in [1.54, 1.807) is 6.20 Å². The van der Waals surface area contributed by atoms with Crippen LogP contribution in [0.2, 0.25) is 0 Å². The summed E-state index contributed by atoms with van der Waals surface area (Å²) in [4.78, 5) is 4.13. The van der Waals surface area contributed by atoms with Crippen LogP contribution >= 0.6 is 0 Å². The molecular formula is C17H22N2. The highest BCUT2D eigenvalue weighted by Crippen LogP contribution is 2.13. The van der Waals surface area contributed by atoms with Gasteiger partial charge in [0.1, 0.15) is 0 Å². The van der Waals surface area contributed by atoms with Crippen molar-refractivity contribution in [3.05, 3.63) is 65.0 Å². The smallest absolute Gasteiger partial charge is 0.0299 e. The van der Waals surface area contributed by atoms with E-state index in [-0.39, 0.29) is 6.04 Å². The Morgan fingerprint density at radius 1 is 1.11 bits per heavy atom. The lowest BCUT2D eigenvalue weighted by Crippen LogP contribution is -2.23. The summed E-state index contributed by atoms with van der Waals surface area (Å²) in [7, 11) is 0. The van der Waals surface area contributed by atoms with E-state index in [1.165, 1.54) is 22.3 Å². The van der Waals surface area contributed by atoms with Gasteiger partial charge in [-0.2, -0.15) is 0 Å². The van der Waals surface area contributed by atoms with Crippen LogP contribution in [0, 0.1) is 13.8 Å². The standard InChI is InChI=1S/C17H22N2/c1-13-5-6-16(10-14(13)2)11-17(18)8-7-15-4-3-9-19-12-15/h3-6,9-10,12,17H,7-8,11,18H2,1-2H3. The summed E-state index contributed by atoms with van der Waals surface area (Å²) in [6.45, 7) is 4.29. The minimum atomic E-state index is 0.210. The van der Waals surface area contributed by atoms with E-state index in [4.69, 9.17) is 5.73 Å². The van der Waals surface area contributed by atoms with Crippen LogP contribution in [0.5, 0.6) is 0 Å². The quantitative estimate of drug-likeness (QED) is 0.890. The fourth-order valence-electron chi connectivity index (χ4n) is 2.23. The molecule has 0 saturated heterocycles. The first kappa shape index (κ1) is 13.8. The SMILES string of the molecule is Cc1ccc(CC(N)CCc2cccnc2)cc1C. The predicted molar refractivity (Wildman–Crippen MR) is 80.2 cm³/mol. The van der Waals surface area contributed by atoms with Crippen LogP contribution in [0.3, 0.4) is 0 Å². The van der Waals surface area contributed by atoms with Gasteiger partial charge in [0.2, 0.25) is 0 Å². The number of hydrogen-bond donors (Lipinski definition) is 1. The van der Waals surface area contributed by atoms with Crippen molar-refractivity contribution in [2.24, 2.45) is 5.73 Å². The molecule has 0 spiro atoms. The number of aromatic nitrogens is 1. The van der Waals surface area contributed by atoms with Gasteiger partial charge in [0, 0.05) is 18.4 Å². The van der Waals surface area contributed by atoms with Crippen LogP contribution in [0.1, 0.15) is 28.7 Å². The van der Waals surface area contributed by atoms with Gasteiger partial charge in [0.15, 0.2) is 0 Å². The van der Waals surface area contributed by atoms with E-state index in [2.05, 4.69) is 43.1 Å². The summed E-state index contributed by atoms with van der Waals surface area (Å²) in [5.74, 6) is 0.